The van der Waals surface area contributed by atoms with Gasteiger partial charge in [0.05, 0.1) is 26.0 Å². The molecule has 1 atom stereocenters. The van der Waals surface area contributed by atoms with Gasteiger partial charge < -0.3 is 14.0 Å². The number of methoxy groups -OCH3 is 1. The van der Waals surface area contributed by atoms with Crippen LogP contribution >= 0.6 is 0 Å². The van der Waals surface area contributed by atoms with Crippen molar-refractivity contribution in [1.29, 1.82) is 0 Å². The molecule has 0 aliphatic rings. The summed E-state index contributed by atoms with van der Waals surface area (Å²) in [7, 11) is 1.30. The summed E-state index contributed by atoms with van der Waals surface area (Å²) in [5.74, 6) is 0.0206. The molecule has 0 radical (unpaired) electrons. The fourth-order valence-corrected chi connectivity index (χ4v) is 2.72. The molecule has 0 amide bonds. The minimum atomic E-state index is -0.579. The molecule has 7 heteroatoms. The van der Waals surface area contributed by atoms with Crippen molar-refractivity contribution in [3.8, 4) is 0 Å². The first-order valence-corrected chi connectivity index (χ1v) is 9.52. The van der Waals surface area contributed by atoms with Crippen LogP contribution in [0, 0.1) is 0 Å². The van der Waals surface area contributed by atoms with E-state index in [4.69, 9.17) is 18.8 Å². The molecule has 0 aliphatic heterocycles. The molecule has 30 heavy (non-hydrogen) atoms. The number of oxime groups is 1. The maximum Gasteiger partial charge on any atom is 0.355 e. The molecular formula is C23H24N2O5. The smallest absolute Gasteiger partial charge is 0.355 e. The fourth-order valence-electron chi connectivity index (χ4n) is 2.72. The van der Waals surface area contributed by atoms with Gasteiger partial charge in [0.25, 0.3) is 0 Å². The predicted molar refractivity (Wildman–Crippen MR) is 111 cm³/mol. The molecule has 0 spiro atoms. The van der Waals surface area contributed by atoms with E-state index in [0.29, 0.717) is 12.4 Å². The highest BCUT2D eigenvalue weighted by molar-refractivity contribution is 6.36. The second kappa shape index (κ2) is 11.5. The summed E-state index contributed by atoms with van der Waals surface area (Å²) >= 11 is 0. The molecule has 1 heterocycles. The van der Waals surface area contributed by atoms with Crippen LogP contribution in [0.3, 0.4) is 0 Å². The van der Waals surface area contributed by atoms with Crippen molar-refractivity contribution in [3.05, 3.63) is 95.9 Å². The summed E-state index contributed by atoms with van der Waals surface area (Å²) in [4.78, 5) is 23.2. The largest absolute Gasteiger partial charge is 0.468 e. The van der Waals surface area contributed by atoms with Crippen LogP contribution < -0.4 is 5.48 Å². The molecule has 3 rings (SSSR count). The van der Waals surface area contributed by atoms with Crippen LogP contribution in [0.25, 0.3) is 0 Å². The van der Waals surface area contributed by atoms with Crippen LogP contribution in [0.15, 0.2) is 88.6 Å². The number of rotatable bonds is 11. The maximum absolute atomic E-state index is 12.2. The molecule has 7 nitrogen and oxygen atoms in total. The number of carbonyl (C=O) groups excluding carboxylic acids is 1. The van der Waals surface area contributed by atoms with Gasteiger partial charge in [0, 0.05) is 6.42 Å². The SMILES string of the molecule is COC(=O)/C(CC(NOCc1ccccc1)c1ccco1)=N\OCc1ccccc1. The van der Waals surface area contributed by atoms with Crippen molar-refractivity contribution >= 4 is 11.7 Å². The highest BCUT2D eigenvalue weighted by Crippen LogP contribution is 2.19. The van der Waals surface area contributed by atoms with Gasteiger partial charge in [-0.25, -0.2) is 4.79 Å². The minimum Gasteiger partial charge on any atom is -0.468 e. The lowest BCUT2D eigenvalue weighted by atomic mass is 10.1. The molecule has 0 bridgehead atoms. The third kappa shape index (κ3) is 6.58. The topological polar surface area (TPSA) is 82.3 Å². The summed E-state index contributed by atoms with van der Waals surface area (Å²) < 4.78 is 10.4. The predicted octanol–water partition coefficient (Wildman–Crippen LogP) is 4.18. The quantitative estimate of drug-likeness (QED) is 0.291. The van der Waals surface area contributed by atoms with Gasteiger partial charge >= 0.3 is 5.97 Å². The number of benzene rings is 2. The average molecular weight is 408 g/mol. The van der Waals surface area contributed by atoms with Crippen LogP contribution in [0.2, 0.25) is 0 Å². The molecule has 1 N–H and O–H groups in total. The Morgan fingerprint density at radius 3 is 2.23 bits per heavy atom. The zero-order chi connectivity index (χ0) is 21.0. The molecule has 0 aliphatic carbocycles. The highest BCUT2D eigenvalue weighted by atomic mass is 16.6. The Bertz CT molecular complexity index is 911. The normalized spacial score (nSPS) is 12.4. The number of hydroxylamine groups is 1. The highest BCUT2D eigenvalue weighted by Gasteiger charge is 2.23. The van der Waals surface area contributed by atoms with Crippen molar-refractivity contribution in [3.63, 3.8) is 0 Å². The Kier molecular flexibility index (Phi) is 8.20. The Labute approximate surface area is 175 Å². The Balaban J connectivity index is 1.65. The van der Waals surface area contributed by atoms with Crippen LogP contribution in [-0.2, 0) is 32.4 Å². The summed E-state index contributed by atoms with van der Waals surface area (Å²) in [6.07, 6.45) is 1.71. The van der Waals surface area contributed by atoms with Crippen molar-refractivity contribution in [1.82, 2.24) is 5.48 Å². The van der Waals surface area contributed by atoms with Gasteiger partial charge in [-0.2, -0.15) is 5.48 Å². The summed E-state index contributed by atoms with van der Waals surface area (Å²) in [6.45, 7) is 0.595. The number of carbonyl (C=O) groups is 1. The first kappa shape index (κ1) is 21.3. The van der Waals surface area contributed by atoms with Crippen LogP contribution in [0.4, 0.5) is 0 Å². The minimum absolute atomic E-state index is 0.116. The number of furan rings is 1. The first-order valence-electron chi connectivity index (χ1n) is 9.52. The lowest BCUT2D eigenvalue weighted by Gasteiger charge is -2.17. The Morgan fingerprint density at radius 2 is 1.63 bits per heavy atom. The standard InChI is InChI=1S/C23H24N2O5/c1-27-23(26)21(25-30-17-19-11-6-3-7-12-19)15-20(22-13-8-14-28-22)24-29-16-18-9-4-2-5-10-18/h2-14,20,24H,15-17H2,1H3/b25-21-. The van der Waals surface area contributed by atoms with Gasteiger partial charge in [0.2, 0.25) is 0 Å². The van der Waals surface area contributed by atoms with Crippen molar-refractivity contribution in [2.45, 2.75) is 25.7 Å². The summed E-state index contributed by atoms with van der Waals surface area (Å²) in [6, 6.07) is 22.4. The van der Waals surface area contributed by atoms with E-state index < -0.39 is 12.0 Å². The summed E-state index contributed by atoms with van der Waals surface area (Å²) in [5, 5.41) is 4.01. The van der Waals surface area contributed by atoms with Gasteiger partial charge in [-0.3, -0.25) is 4.84 Å². The molecule has 0 saturated carbocycles. The van der Waals surface area contributed by atoms with E-state index in [1.165, 1.54) is 7.11 Å². The molecule has 156 valence electrons. The van der Waals surface area contributed by atoms with E-state index in [9.17, 15) is 4.79 Å². The number of nitrogens with zero attached hydrogens (tertiary/aromatic N) is 1. The van der Waals surface area contributed by atoms with Crippen LogP contribution in [0.5, 0.6) is 0 Å². The van der Waals surface area contributed by atoms with Gasteiger partial charge in [-0.05, 0) is 23.3 Å². The lowest BCUT2D eigenvalue weighted by Crippen LogP contribution is -2.27. The Hall–Kier alpha value is -3.42. The average Bonchev–Trinajstić information content (AvgIpc) is 3.33. The van der Waals surface area contributed by atoms with E-state index in [2.05, 4.69) is 10.6 Å². The molecule has 0 saturated heterocycles. The molecule has 0 fully saturated rings. The van der Waals surface area contributed by atoms with Gasteiger partial charge in [0.15, 0.2) is 5.71 Å². The molecule has 3 aromatic rings. The Morgan fingerprint density at radius 1 is 0.967 bits per heavy atom. The van der Waals surface area contributed by atoms with E-state index >= 15 is 0 Å². The van der Waals surface area contributed by atoms with Gasteiger partial charge in [-0.15, -0.1) is 0 Å². The maximum atomic E-state index is 12.2. The number of esters is 1. The van der Waals surface area contributed by atoms with Crippen LogP contribution in [0.1, 0.15) is 29.3 Å². The molecule has 1 unspecified atom stereocenters. The van der Waals surface area contributed by atoms with Crippen molar-refractivity contribution in [2.24, 2.45) is 5.16 Å². The second-order valence-electron chi connectivity index (χ2n) is 6.45. The third-order valence-corrected chi connectivity index (χ3v) is 4.26. The number of hydrogen-bond donors (Lipinski definition) is 1. The summed E-state index contributed by atoms with van der Waals surface area (Å²) in [5.41, 5.74) is 5.02. The van der Waals surface area contributed by atoms with E-state index in [-0.39, 0.29) is 18.7 Å². The zero-order valence-electron chi connectivity index (χ0n) is 16.7. The van der Waals surface area contributed by atoms with Crippen molar-refractivity contribution in [2.75, 3.05) is 7.11 Å². The third-order valence-electron chi connectivity index (χ3n) is 4.26. The van der Waals surface area contributed by atoms with E-state index in [1.807, 2.05) is 60.7 Å². The zero-order valence-corrected chi connectivity index (χ0v) is 16.7. The molecule has 2 aromatic carbocycles. The van der Waals surface area contributed by atoms with E-state index in [0.717, 1.165) is 11.1 Å². The number of nitrogens with one attached hydrogen (secondary N) is 1. The van der Waals surface area contributed by atoms with Crippen LogP contribution in [-0.4, -0.2) is 18.8 Å². The number of ether oxygens (including phenoxy) is 1. The van der Waals surface area contributed by atoms with Crippen molar-refractivity contribution < 1.29 is 23.6 Å². The van der Waals surface area contributed by atoms with Gasteiger partial charge in [0.1, 0.15) is 12.4 Å². The lowest BCUT2D eigenvalue weighted by molar-refractivity contribution is -0.133. The van der Waals surface area contributed by atoms with E-state index in [1.54, 1.807) is 18.4 Å². The van der Waals surface area contributed by atoms with Gasteiger partial charge in [-0.1, -0.05) is 65.8 Å². The molecule has 1 aromatic heterocycles. The fraction of sp³-hybridized carbons (Fsp3) is 0.217. The molecular weight excluding hydrogens is 384 g/mol. The second-order valence-corrected chi connectivity index (χ2v) is 6.45. The monoisotopic (exact) mass is 408 g/mol. The first-order chi connectivity index (χ1) is 14.8. The number of hydrogen-bond acceptors (Lipinski definition) is 7.